The Morgan fingerprint density at radius 3 is 2.21 bits per heavy atom. The fraction of sp³-hybridized carbons (Fsp3) is 0.391. The second kappa shape index (κ2) is 12.2. The van der Waals surface area contributed by atoms with Crippen molar-refractivity contribution in [1.82, 2.24) is 10.2 Å². The molecule has 33 heavy (non-hydrogen) atoms. The van der Waals surface area contributed by atoms with Crippen LogP contribution in [0.1, 0.15) is 25.8 Å². The Labute approximate surface area is 209 Å². The molecule has 0 aromatic heterocycles. The quantitative estimate of drug-likeness (QED) is 0.408. The lowest BCUT2D eigenvalue weighted by molar-refractivity contribution is -0.139. The van der Waals surface area contributed by atoms with Gasteiger partial charge in [-0.2, -0.15) is 0 Å². The second-order valence-corrected chi connectivity index (χ2v) is 10.7. The topological polar surface area (TPSA) is 96.0 Å². The van der Waals surface area contributed by atoms with Crippen LogP contribution in [0.3, 0.4) is 0 Å². The van der Waals surface area contributed by atoms with Crippen LogP contribution in [-0.4, -0.2) is 57.6 Å². The molecule has 180 valence electrons. The summed E-state index contributed by atoms with van der Waals surface area (Å²) in [6.45, 7) is 3.80. The van der Waals surface area contributed by atoms with Crippen LogP contribution >= 0.6 is 22.6 Å². The summed E-state index contributed by atoms with van der Waals surface area (Å²) in [7, 11) is -2.17. The van der Waals surface area contributed by atoms with E-state index < -0.39 is 28.5 Å². The first-order valence-electron chi connectivity index (χ1n) is 10.5. The molecule has 0 saturated heterocycles. The van der Waals surface area contributed by atoms with Gasteiger partial charge in [-0.05, 0) is 77.9 Å². The molecular weight excluding hydrogens is 557 g/mol. The minimum Gasteiger partial charge on any atom is -0.497 e. The van der Waals surface area contributed by atoms with Crippen LogP contribution in [0.2, 0.25) is 0 Å². The van der Waals surface area contributed by atoms with Gasteiger partial charge in [0.2, 0.25) is 21.8 Å². The first-order chi connectivity index (χ1) is 15.6. The molecule has 0 radical (unpaired) electrons. The van der Waals surface area contributed by atoms with E-state index in [-0.39, 0.29) is 12.5 Å². The Hall–Kier alpha value is -2.34. The molecule has 0 aliphatic rings. The number of halogens is 1. The minimum absolute atomic E-state index is 0.147. The largest absolute Gasteiger partial charge is 0.497 e. The van der Waals surface area contributed by atoms with E-state index in [0.29, 0.717) is 18.0 Å². The smallest absolute Gasteiger partial charge is 0.244 e. The molecule has 0 saturated carbocycles. The van der Waals surface area contributed by atoms with E-state index in [9.17, 15) is 18.0 Å². The van der Waals surface area contributed by atoms with Gasteiger partial charge >= 0.3 is 0 Å². The fourth-order valence-electron chi connectivity index (χ4n) is 3.13. The number of methoxy groups -OCH3 is 1. The average Bonchev–Trinajstić information content (AvgIpc) is 2.79. The predicted octanol–water partition coefficient (Wildman–Crippen LogP) is 3.01. The Balaban J connectivity index is 2.34. The molecule has 2 aromatic rings. The minimum atomic E-state index is -3.74. The molecule has 0 aliphatic carbocycles. The van der Waals surface area contributed by atoms with Gasteiger partial charge < -0.3 is 15.0 Å². The Kier molecular flexibility index (Phi) is 9.96. The highest BCUT2D eigenvalue weighted by Gasteiger charge is 2.29. The van der Waals surface area contributed by atoms with Crippen LogP contribution in [0, 0.1) is 3.57 Å². The van der Waals surface area contributed by atoms with Crippen molar-refractivity contribution in [3.05, 3.63) is 57.7 Å². The number of amides is 2. The molecule has 10 heteroatoms. The molecule has 2 amide bonds. The number of carbonyl (C=O) groups is 2. The summed E-state index contributed by atoms with van der Waals surface area (Å²) in [6.07, 6.45) is 1.82. The Morgan fingerprint density at radius 2 is 1.70 bits per heavy atom. The summed E-state index contributed by atoms with van der Waals surface area (Å²) in [5.74, 6) is -0.0971. The van der Waals surface area contributed by atoms with Crippen molar-refractivity contribution >= 4 is 50.1 Å². The Bertz CT molecular complexity index is 1040. The molecule has 1 atom stereocenters. The lowest BCUT2D eigenvalue weighted by Gasteiger charge is -2.31. The molecule has 2 aromatic carbocycles. The third-order valence-electron chi connectivity index (χ3n) is 5.02. The maximum Gasteiger partial charge on any atom is 0.244 e. The first kappa shape index (κ1) is 26.9. The third kappa shape index (κ3) is 7.88. The van der Waals surface area contributed by atoms with Crippen molar-refractivity contribution in [1.29, 1.82) is 0 Å². The van der Waals surface area contributed by atoms with Crippen molar-refractivity contribution in [2.75, 3.05) is 30.8 Å². The lowest BCUT2D eigenvalue weighted by atomic mass is 10.1. The van der Waals surface area contributed by atoms with Crippen LogP contribution < -0.4 is 14.4 Å². The van der Waals surface area contributed by atoms with Gasteiger partial charge in [-0.15, -0.1) is 0 Å². The molecule has 0 heterocycles. The van der Waals surface area contributed by atoms with E-state index >= 15 is 0 Å². The molecule has 0 spiro atoms. The number of nitrogens with zero attached hydrogens (tertiary/aromatic N) is 2. The van der Waals surface area contributed by atoms with Crippen molar-refractivity contribution in [2.24, 2.45) is 0 Å². The van der Waals surface area contributed by atoms with Crippen LogP contribution in [0.4, 0.5) is 5.69 Å². The van der Waals surface area contributed by atoms with Gasteiger partial charge in [0.15, 0.2) is 0 Å². The second-order valence-electron chi connectivity index (χ2n) is 7.58. The van der Waals surface area contributed by atoms with Gasteiger partial charge in [0.25, 0.3) is 0 Å². The van der Waals surface area contributed by atoms with E-state index in [1.165, 1.54) is 4.90 Å². The third-order valence-corrected chi connectivity index (χ3v) is 6.88. The van der Waals surface area contributed by atoms with Gasteiger partial charge in [-0.25, -0.2) is 8.42 Å². The summed E-state index contributed by atoms with van der Waals surface area (Å²) in [5, 5.41) is 2.81. The highest BCUT2D eigenvalue weighted by molar-refractivity contribution is 14.1. The number of anilines is 1. The number of hydrogen-bond acceptors (Lipinski definition) is 5. The zero-order chi connectivity index (χ0) is 24.6. The van der Waals surface area contributed by atoms with E-state index in [1.54, 1.807) is 50.4 Å². The molecular formula is C23H30IN3O5S. The molecule has 0 fully saturated rings. The number of carbonyl (C=O) groups excluding carboxylic acids is 2. The van der Waals surface area contributed by atoms with Crippen LogP contribution in [0.25, 0.3) is 0 Å². The lowest BCUT2D eigenvalue weighted by Crippen LogP contribution is -2.51. The predicted molar refractivity (Wildman–Crippen MR) is 138 cm³/mol. The van der Waals surface area contributed by atoms with Crippen LogP contribution in [-0.2, 0) is 26.2 Å². The monoisotopic (exact) mass is 587 g/mol. The van der Waals surface area contributed by atoms with Crippen molar-refractivity contribution in [2.45, 2.75) is 32.9 Å². The average molecular weight is 587 g/mol. The van der Waals surface area contributed by atoms with Gasteiger partial charge in [0.1, 0.15) is 18.3 Å². The molecule has 1 N–H and O–H groups in total. The van der Waals surface area contributed by atoms with Crippen molar-refractivity contribution in [3.63, 3.8) is 0 Å². The summed E-state index contributed by atoms with van der Waals surface area (Å²) in [6, 6.07) is 13.2. The Morgan fingerprint density at radius 1 is 1.09 bits per heavy atom. The first-order valence-corrected chi connectivity index (χ1v) is 13.4. The van der Waals surface area contributed by atoms with E-state index in [2.05, 4.69) is 27.9 Å². The van der Waals surface area contributed by atoms with Crippen molar-refractivity contribution < 1.29 is 22.7 Å². The molecule has 2 rings (SSSR count). The fourth-order valence-corrected chi connectivity index (χ4v) is 4.34. The molecule has 0 aliphatic heterocycles. The standard InChI is InChI=1S/C23H30IN3O5S/c1-5-14-25-23(29)17(2)26(15-18-6-12-21(32-3)13-7-18)22(28)16-27(33(4,30)31)20-10-8-19(24)9-11-20/h6-13,17H,5,14-16H2,1-4H3,(H,25,29). The van der Waals surface area contributed by atoms with Gasteiger partial charge in [-0.1, -0.05) is 19.1 Å². The highest BCUT2D eigenvalue weighted by Crippen LogP contribution is 2.21. The maximum absolute atomic E-state index is 13.4. The number of sulfonamides is 1. The highest BCUT2D eigenvalue weighted by atomic mass is 127. The normalized spacial score (nSPS) is 12.0. The summed E-state index contributed by atoms with van der Waals surface area (Å²) in [4.78, 5) is 27.5. The van der Waals surface area contributed by atoms with E-state index in [4.69, 9.17) is 4.74 Å². The van der Waals surface area contributed by atoms with Crippen LogP contribution in [0.5, 0.6) is 5.75 Å². The van der Waals surface area contributed by atoms with Crippen molar-refractivity contribution in [3.8, 4) is 5.75 Å². The number of rotatable bonds is 11. The summed E-state index contributed by atoms with van der Waals surface area (Å²) in [5.41, 5.74) is 1.18. The summed E-state index contributed by atoms with van der Waals surface area (Å²) >= 11 is 2.12. The van der Waals surface area contributed by atoms with E-state index in [0.717, 1.165) is 26.1 Å². The maximum atomic E-state index is 13.4. The molecule has 8 nitrogen and oxygen atoms in total. The van der Waals surface area contributed by atoms with Gasteiger partial charge in [0, 0.05) is 16.7 Å². The molecule has 1 unspecified atom stereocenters. The van der Waals surface area contributed by atoms with Gasteiger partial charge in [0.05, 0.1) is 19.1 Å². The zero-order valence-electron chi connectivity index (χ0n) is 19.2. The number of nitrogens with one attached hydrogen (secondary N) is 1. The number of benzene rings is 2. The zero-order valence-corrected chi connectivity index (χ0v) is 22.2. The van der Waals surface area contributed by atoms with Gasteiger partial charge in [-0.3, -0.25) is 13.9 Å². The number of hydrogen-bond donors (Lipinski definition) is 1. The summed E-state index contributed by atoms with van der Waals surface area (Å²) < 4.78 is 32.2. The molecule has 0 bridgehead atoms. The SMILES string of the molecule is CCCNC(=O)C(C)N(Cc1ccc(OC)cc1)C(=O)CN(c1ccc(I)cc1)S(C)(=O)=O. The van der Waals surface area contributed by atoms with E-state index in [1.807, 2.05) is 19.1 Å². The van der Waals surface area contributed by atoms with Crippen LogP contribution in [0.15, 0.2) is 48.5 Å². The number of ether oxygens (including phenoxy) is 1.